The van der Waals surface area contributed by atoms with Crippen molar-refractivity contribution in [2.75, 3.05) is 18.8 Å². The number of amides is 1. The van der Waals surface area contributed by atoms with Gasteiger partial charge in [-0.15, -0.1) is 0 Å². The van der Waals surface area contributed by atoms with Crippen LogP contribution in [0.2, 0.25) is 5.02 Å². The zero-order valence-corrected chi connectivity index (χ0v) is 10.2. The summed E-state index contributed by atoms with van der Waals surface area (Å²) in [6, 6.07) is 4.85. The first-order valence-electron chi connectivity index (χ1n) is 5.60. The molecule has 1 aromatic rings. The molecule has 1 aliphatic rings. The summed E-state index contributed by atoms with van der Waals surface area (Å²) in [5.41, 5.74) is 6.58. The van der Waals surface area contributed by atoms with E-state index in [4.69, 9.17) is 17.3 Å². The summed E-state index contributed by atoms with van der Waals surface area (Å²) >= 11 is 5.80. The number of aliphatic hydroxyl groups excluding tert-OH is 1. The Morgan fingerprint density at radius 1 is 1.53 bits per heavy atom. The second-order valence-corrected chi connectivity index (χ2v) is 4.69. The van der Waals surface area contributed by atoms with Gasteiger partial charge in [0, 0.05) is 18.7 Å². The number of nitrogens with zero attached hydrogens (tertiary/aromatic N) is 1. The summed E-state index contributed by atoms with van der Waals surface area (Å²) in [5.74, 6) is -0.105. The lowest BCUT2D eigenvalue weighted by Gasteiger charge is -2.30. The minimum atomic E-state index is -0.419. The van der Waals surface area contributed by atoms with Crippen LogP contribution in [0.3, 0.4) is 0 Å². The average Bonchev–Trinajstić information content (AvgIpc) is 2.32. The predicted octanol–water partition coefficient (Wildman–Crippen LogP) is 1.52. The fourth-order valence-corrected chi connectivity index (χ4v) is 2.12. The maximum atomic E-state index is 12.1. The first-order valence-corrected chi connectivity index (χ1v) is 5.98. The largest absolute Gasteiger partial charge is 0.398 e. The van der Waals surface area contributed by atoms with Crippen molar-refractivity contribution in [2.45, 2.75) is 18.9 Å². The van der Waals surface area contributed by atoms with E-state index in [0.717, 1.165) is 12.8 Å². The lowest BCUT2D eigenvalue weighted by Crippen LogP contribution is -2.42. The molecule has 0 radical (unpaired) electrons. The minimum Gasteiger partial charge on any atom is -0.398 e. The van der Waals surface area contributed by atoms with Crippen molar-refractivity contribution in [2.24, 2.45) is 0 Å². The Morgan fingerprint density at radius 3 is 2.94 bits per heavy atom. The number of carbonyl (C=O) groups is 1. The molecule has 1 unspecified atom stereocenters. The monoisotopic (exact) mass is 254 g/mol. The molecule has 0 saturated carbocycles. The van der Waals surface area contributed by atoms with Crippen molar-refractivity contribution < 1.29 is 9.90 Å². The van der Waals surface area contributed by atoms with Gasteiger partial charge in [-0.3, -0.25) is 4.79 Å². The van der Waals surface area contributed by atoms with Gasteiger partial charge in [0.05, 0.1) is 16.8 Å². The fourth-order valence-electron chi connectivity index (χ4n) is 2.00. The third kappa shape index (κ3) is 2.70. The topological polar surface area (TPSA) is 66.6 Å². The van der Waals surface area contributed by atoms with Gasteiger partial charge in [0.25, 0.3) is 5.91 Å². The van der Waals surface area contributed by atoms with Crippen LogP contribution in [0.4, 0.5) is 5.69 Å². The number of rotatable bonds is 1. The molecule has 0 aromatic heterocycles. The van der Waals surface area contributed by atoms with E-state index in [2.05, 4.69) is 0 Å². The van der Waals surface area contributed by atoms with Crippen molar-refractivity contribution in [3.05, 3.63) is 28.8 Å². The van der Waals surface area contributed by atoms with Crippen LogP contribution in [0.25, 0.3) is 0 Å². The summed E-state index contributed by atoms with van der Waals surface area (Å²) < 4.78 is 0. The number of nitrogens with two attached hydrogens (primary N) is 1. The zero-order valence-electron chi connectivity index (χ0n) is 9.40. The molecule has 3 N–H and O–H groups in total. The molecule has 0 spiro atoms. The maximum Gasteiger partial charge on any atom is 0.254 e. The number of nitrogen functional groups attached to an aromatic ring is 1. The number of likely N-dealkylation sites (tertiary alicyclic amines) is 1. The summed E-state index contributed by atoms with van der Waals surface area (Å²) in [5, 5.41) is 9.98. The number of piperidine rings is 1. The lowest BCUT2D eigenvalue weighted by atomic mass is 10.1. The van der Waals surface area contributed by atoms with Crippen LogP contribution in [-0.2, 0) is 0 Å². The Kier molecular flexibility index (Phi) is 3.54. The number of benzene rings is 1. The standard InChI is InChI=1S/C12H15ClN2O2/c13-10-4-3-8(6-11(10)14)12(17)15-5-1-2-9(16)7-15/h3-4,6,9,16H,1-2,5,7,14H2. The molecule has 1 amide bonds. The van der Waals surface area contributed by atoms with E-state index in [9.17, 15) is 9.90 Å². The molecule has 92 valence electrons. The number of halogens is 1. The molecule has 1 atom stereocenters. The Hall–Kier alpha value is -1.26. The second kappa shape index (κ2) is 4.94. The minimum absolute atomic E-state index is 0.105. The van der Waals surface area contributed by atoms with Gasteiger partial charge in [-0.05, 0) is 31.0 Å². The fraction of sp³-hybridized carbons (Fsp3) is 0.417. The highest BCUT2D eigenvalue weighted by atomic mass is 35.5. The number of hydrogen-bond acceptors (Lipinski definition) is 3. The average molecular weight is 255 g/mol. The Balaban J connectivity index is 2.15. The van der Waals surface area contributed by atoms with Crippen LogP contribution in [0.15, 0.2) is 18.2 Å². The van der Waals surface area contributed by atoms with Crippen LogP contribution in [-0.4, -0.2) is 35.1 Å². The van der Waals surface area contributed by atoms with Gasteiger partial charge in [-0.25, -0.2) is 0 Å². The number of aliphatic hydroxyl groups is 1. The Labute approximate surface area is 105 Å². The van der Waals surface area contributed by atoms with Gasteiger partial charge in [0.1, 0.15) is 0 Å². The van der Waals surface area contributed by atoms with Crippen LogP contribution in [0.5, 0.6) is 0 Å². The quantitative estimate of drug-likeness (QED) is 0.747. The molecular weight excluding hydrogens is 240 g/mol. The van der Waals surface area contributed by atoms with E-state index in [-0.39, 0.29) is 5.91 Å². The molecule has 2 rings (SSSR count). The van der Waals surface area contributed by atoms with Gasteiger partial charge in [0.15, 0.2) is 0 Å². The van der Waals surface area contributed by atoms with Crippen LogP contribution < -0.4 is 5.73 Å². The Bertz CT molecular complexity index is 437. The first-order chi connectivity index (χ1) is 8.08. The highest BCUT2D eigenvalue weighted by molar-refractivity contribution is 6.33. The van der Waals surface area contributed by atoms with Gasteiger partial charge >= 0.3 is 0 Å². The molecule has 4 nitrogen and oxygen atoms in total. The van der Waals surface area contributed by atoms with Crippen molar-refractivity contribution in [1.82, 2.24) is 4.90 Å². The predicted molar refractivity (Wildman–Crippen MR) is 67.0 cm³/mol. The van der Waals surface area contributed by atoms with E-state index in [1.165, 1.54) is 0 Å². The summed E-state index contributed by atoms with van der Waals surface area (Å²) in [7, 11) is 0. The summed E-state index contributed by atoms with van der Waals surface area (Å²) in [6.07, 6.45) is 1.17. The van der Waals surface area contributed by atoms with Crippen molar-refractivity contribution in [3.8, 4) is 0 Å². The zero-order chi connectivity index (χ0) is 12.4. The SMILES string of the molecule is Nc1cc(C(=O)N2CCCC(O)C2)ccc1Cl. The van der Waals surface area contributed by atoms with Gasteiger partial charge in [-0.2, -0.15) is 0 Å². The van der Waals surface area contributed by atoms with Crippen LogP contribution in [0.1, 0.15) is 23.2 Å². The van der Waals surface area contributed by atoms with Gasteiger partial charge in [-0.1, -0.05) is 11.6 Å². The number of β-amino-alcohol motifs (C(OH)–C–C–N with tert-alkyl or cyclic N) is 1. The number of carbonyl (C=O) groups excluding carboxylic acids is 1. The summed E-state index contributed by atoms with van der Waals surface area (Å²) in [4.78, 5) is 13.8. The van der Waals surface area contributed by atoms with Gasteiger partial charge in [0.2, 0.25) is 0 Å². The van der Waals surface area contributed by atoms with Gasteiger partial charge < -0.3 is 15.7 Å². The first kappa shape index (κ1) is 12.2. The molecule has 0 bridgehead atoms. The Morgan fingerprint density at radius 2 is 2.29 bits per heavy atom. The van der Waals surface area contributed by atoms with E-state index in [0.29, 0.717) is 29.4 Å². The molecule has 1 aliphatic heterocycles. The summed E-state index contributed by atoms with van der Waals surface area (Å²) in [6.45, 7) is 1.07. The normalized spacial score (nSPS) is 20.4. The number of hydrogen-bond donors (Lipinski definition) is 2. The molecule has 5 heteroatoms. The molecule has 1 aromatic carbocycles. The van der Waals surface area contributed by atoms with E-state index < -0.39 is 6.10 Å². The molecule has 1 saturated heterocycles. The van der Waals surface area contributed by atoms with Crippen molar-refractivity contribution in [3.63, 3.8) is 0 Å². The number of anilines is 1. The third-order valence-electron chi connectivity index (χ3n) is 2.93. The smallest absolute Gasteiger partial charge is 0.254 e. The van der Waals surface area contributed by atoms with E-state index in [1.807, 2.05) is 0 Å². The molecule has 0 aliphatic carbocycles. The highest BCUT2D eigenvalue weighted by Gasteiger charge is 2.23. The second-order valence-electron chi connectivity index (χ2n) is 4.28. The van der Waals surface area contributed by atoms with Crippen molar-refractivity contribution in [1.29, 1.82) is 0 Å². The van der Waals surface area contributed by atoms with Crippen LogP contribution in [0, 0.1) is 0 Å². The van der Waals surface area contributed by atoms with Crippen molar-refractivity contribution >= 4 is 23.2 Å². The molecule has 17 heavy (non-hydrogen) atoms. The van der Waals surface area contributed by atoms with E-state index in [1.54, 1.807) is 23.1 Å². The molecular formula is C12H15ClN2O2. The molecule has 1 heterocycles. The molecule has 1 fully saturated rings. The van der Waals surface area contributed by atoms with E-state index >= 15 is 0 Å². The maximum absolute atomic E-state index is 12.1. The van der Waals surface area contributed by atoms with Crippen LogP contribution >= 0.6 is 11.6 Å². The lowest BCUT2D eigenvalue weighted by molar-refractivity contribution is 0.0474. The highest BCUT2D eigenvalue weighted by Crippen LogP contribution is 2.21. The third-order valence-corrected chi connectivity index (χ3v) is 3.27.